The van der Waals surface area contributed by atoms with Gasteiger partial charge in [-0.1, -0.05) is 43.3 Å². The van der Waals surface area contributed by atoms with Crippen LogP contribution in [0.5, 0.6) is 0 Å². The molecule has 1 aromatic heterocycles. The van der Waals surface area contributed by atoms with E-state index < -0.39 is 10.8 Å². The van der Waals surface area contributed by atoms with Crippen molar-refractivity contribution in [3.63, 3.8) is 0 Å². The summed E-state index contributed by atoms with van der Waals surface area (Å²) in [6.07, 6.45) is 4.83. The zero-order valence-electron chi connectivity index (χ0n) is 24.9. The van der Waals surface area contributed by atoms with Crippen molar-refractivity contribution in [2.45, 2.75) is 57.5 Å². The van der Waals surface area contributed by atoms with E-state index in [9.17, 15) is 14.4 Å². The first-order valence-corrected chi connectivity index (χ1v) is 15.1. The second-order valence-electron chi connectivity index (χ2n) is 12.0. The fraction of sp³-hybridized carbons (Fsp3) is 0.412. The Morgan fingerprint density at radius 1 is 1.02 bits per heavy atom. The molecule has 0 radical (unpaired) electrons. The molecule has 1 aliphatic carbocycles. The molecule has 9 heteroatoms. The molecule has 0 unspecified atom stereocenters. The van der Waals surface area contributed by atoms with E-state index in [-0.39, 0.29) is 24.3 Å². The number of nitrogens with zero attached hydrogens (tertiary/aromatic N) is 2. The molecule has 1 saturated heterocycles. The third-order valence-electron chi connectivity index (χ3n) is 9.51. The molecule has 1 fully saturated rings. The molecule has 43 heavy (non-hydrogen) atoms. The number of benzene rings is 2. The number of carbonyl (C=O) groups excluding carboxylic acids is 3. The Balaban J connectivity index is 1.21. The number of ether oxygens (including phenoxy) is 1. The van der Waals surface area contributed by atoms with Crippen molar-refractivity contribution in [3.05, 3.63) is 88.6 Å². The van der Waals surface area contributed by atoms with E-state index in [1.807, 2.05) is 62.5 Å². The zero-order chi connectivity index (χ0) is 30.0. The Morgan fingerprint density at radius 3 is 2.56 bits per heavy atom. The van der Waals surface area contributed by atoms with Crippen LogP contribution in [-0.4, -0.2) is 54.4 Å². The summed E-state index contributed by atoms with van der Waals surface area (Å²) < 4.78 is 5.60. The SMILES string of the molecule is CCC1(C(=O)N(CC(=O)Nc2ccc3c(c2)C[C@@]2(C3)C(=O)Nc3ncccc32)Cc2ccccc2CNC)CCOCC1. The van der Waals surface area contributed by atoms with Gasteiger partial charge in [0.25, 0.3) is 0 Å². The quantitative estimate of drug-likeness (QED) is 0.353. The highest BCUT2D eigenvalue weighted by atomic mass is 16.5. The maximum atomic E-state index is 14.2. The summed E-state index contributed by atoms with van der Waals surface area (Å²) in [4.78, 5) is 46.9. The number of hydrogen-bond donors (Lipinski definition) is 3. The number of amides is 3. The first kappa shape index (κ1) is 29.0. The summed E-state index contributed by atoms with van der Waals surface area (Å²) >= 11 is 0. The number of fused-ring (bicyclic) bond motifs is 3. The fourth-order valence-corrected chi connectivity index (χ4v) is 7.01. The van der Waals surface area contributed by atoms with Crippen LogP contribution in [0.3, 0.4) is 0 Å². The van der Waals surface area contributed by atoms with Crippen LogP contribution in [0, 0.1) is 5.41 Å². The molecule has 1 spiro atoms. The highest BCUT2D eigenvalue weighted by Crippen LogP contribution is 2.47. The van der Waals surface area contributed by atoms with Crippen molar-refractivity contribution >= 4 is 29.2 Å². The van der Waals surface area contributed by atoms with E-state index >= 15 is 0 Å². The molecular weight excluding hydrogens is 542 g/mol. The number of hydrogen-bond acceptors (Lipinski definition) is 6. The fourth-order valence-electron chi connectivity index (χ4n) is 7.01. The van der Waals surface area contributed by atoms with Crippen molar-refractivity contribution in [2.75, 3.05) is 37.4 Å². The van der Waals surface area contributed by atoms with Gasteiger partial charge in [-0.15, -0.1) is 0 Å². The maximum Gasteiger partial charge on any atom is 0.244 e. The summed E-state index contributed by atoms with van der Waals surface area (Å²) in [5.41, 5.74) is 4.61. The van der Waals surface area contributed by atoms with Crippen LogP contribution in [0.25, 0.3) is 0 Å². The van der Waals surface area contributed by atoms with Gasteiger partial charge in [0.1, 0.15) is 12.4 Å². The van der Waals surface area contributed by atoms with Crippen LogP contribution >= 0.6 is 0 Å². The van der Waals surface area contributed by atoms with Crippen LogP contribution in [0.2, 0.25) is 0 Å². The highest BCUT2D eigenvalue weighted by Gasteiger charge is 2.51. The summed E-state index contributed by atoms with van der Waals surface area (Å²) in [7, 11) is 1.90. The van der Waals surface area contributed by atoms with Crippen molar-refractivity contribution in [3.8, 4) is 0 Å². The molecule has 3 aromatic rings. The Morgan fingerprint density at radius 2 is 1.79 bits per heavy atom. The minimum absolute atomic E-state index is 0.00289. The van der Waals surface area contributed by atoms with Gasteiger partial charge in [0, 0.05) is 43.8 Å². The maximum absolute atomic E-state index is 14.2. The lowest BCUT2D eigenvalue weighted by atomic mass is 9.76. The third kappa shape index (κ3) is 5.43. The molecule has 3 amide bonds. The summed E-state index contributed by atoms with van der Waals surface area (Å²) in [6.45, 7) is 4.11. The number of carbonyl (C=O) groups is 3. The molecule has 9 nitrogen and oxygen atoms in total. The molecule has 3 aliphatic rings. The molecule has 2 aromatic carbocycles. The second kappa shape index (κ2) is 11.9. The van der Waals surface area contributed by atoms with E-state index in [4.69, 9.17) is 4.74 Å². The number of aromatic nitrogens is 1. The van der Waals surface area contributed by atoms with E-state index in [0.29, 0.717) is 69.9 Å². The molecule has 2 aliphatic heterocycles. The number of nitrogens with one attached hydrogen (secondary N) is 3. The van der Waals surface area contributed by atoms with Gasteiger partial charge >= 0.3 is 0 Å². The van der Waals surface area contributed by atoms with Gasteiger partial charge in [-0.3, -0.25) is 14.4 Å². The first-order valence-electron chi connectivity index (χ1n) is 15.1. The minimum atomic E-state index is -0.670. The van der Waals surface area contributed by atoms with Crippen LogP contribution in [0.15, 0.2) is 60.8 Å². The molecule has 1 atom stereocenters. The molecule has 0 bridgehead atoms. The average molecular weight is 582 g/mol. The lowest BCUT2D eigenvalue weighted by Crippen LogP contribution is -2.48. The Kier molecular flexibility index (Phi) is 8.03. The number of pyridine rings is 1. The minimum Gasteiger partial charge on any atom is -0.381 e. The summed E-state index contributed by atoms with van der Waals surface area (Å²) in [5, 5.41) is 9.19. The molecular formula is C34H39N5O4. The largest absolute Gasteiger partial charge is 0.381 e. The van der Waals surface area contributed by atoms with Crippen LogP contribution < -0.4 is 16.0 Å². The smallest absolute Gasteiger partial charge is 0.244 e. The summed E-state index contributed by atoms with van der Waals surface area (Å²) in [5.74, 6) is 0.347. The van der Waals surface area contributed by atoms with Gasteiger partial charge in [0.2, 0.25) is 17.7 Å². The van der Waals surface area contributed by atoms with Gasteiger partial charge in [-0.05, 0) is 79.6 Å². The van der Waals surface area contributed by atoms with Gasteiger partial charge in [0.05, 0.1) is 10.8 Å². The Hall–Kier alpha value is -4.08. The molecule has 224 valence electrons. The first-order chi connectivity index (χ1) is 20.9. The van der Waals surface area contributed by atoms with E-state index in [0.717, 1.165) is 27.8 Å². The van der Waals surface area contributed by atoms with E-state index in [1.165, 1.54) is 0 Å². The standard InChI is InChI=1S/C34H39N5O4/c1-3-33(12-15-43-16-13-33)32(42)39(21-25-8-5-4-7-24(25)20-35-2)22-29(40)37-27-11-10-23-18-34(19-26(23)17-27)28-9-6-14-36-30(28)38-31(34)41/h4-11,14,17,35H,3,12-13,15-16,18-22H2,1-2H3,(H,37,40)(H,36,38,41)/t34-/m1/s1. The lowest BCUT2D eigenvalue weighted by molar-refractivity contribution is -0.150. The third-order valence-corrected chi connectivity index (χ3v) is 9.51. The number of rotatable bonds is 9. The number of anilines is 2. The van der Waals surface area contributed by atoms with Gasteiger partial charge in [-0.2, -0.15) is 0 Å². The Labute approximate surface area is 252 Å². The van der Waals surface area contributed by atoms with Crippen molar-refractivity contribution in [1.82, 2.24) is 15.2 Å². The van der Waals surface area contributed by atoms with Crippen LogP contribution in [-0.2, 0) is 50.5 Å². The molecule has 3 N–H and O–H groups in total. The van der Waals surface area contributed by atoms with E-state index in [1.54, 1.807) is 11.1 Å². The van der Waals surface area contributed by atoms with Crippen molar-refractivity contribution < 1.29 is 19.1 Å². The predicted molar refractivity (Wildman–Crippen MR) is 164 cm³/mol. The molecule has 3 heterocycles. The van der Waals surface area contributed by atoms with Crippen LogP contribution in [0.4, 0.5) is 11.5 Å². The monoisotopic (exact) mass is 581 g/mol. The predicted octanol–water partition coefficient (Wildman–Crippen LogP) is 3.96. The topological polar surface area (TPSA) is 113 Å². The molecule has 6 rings (SSSR count). The van der Waals surface area contributed by atoms with Crippen molar-refractivity contribution in [1.29, 1.82) is 0 Å². The second-order valence-corrected chi connectivity index (χ2v) is 12.0. The van der Waals surface area contributed by atoms with Crippen LogP contribution in [0.1, 0.15) is 54.0 Å². The summed E-state index contributed by atoms with van der Waals surface area (Å²) in [6, 6.07) is 17.7. The zero-order valence-corrected chi connectivity index (χ0v) is 24.9. The molecule has 0 saturated carbocycles. The lowest BCUT2D eigenvalue weighted by Gasteiger charge is -2.39. The average Bonchev–Trinajstić information content (AvgIpc) is 3.54. The van der Waals surface area contributed by atoms with Gasteiger partial charge < -0.3 is 25.6 Å². The highest BCUT2D eigenvalue weighted by molar-refractivity contribution is 6.06. The van der Waals surface area contributed by atoms with Gasteiger partial charge in [-0.25, -0.2) is 4.98 Å². The van der Waals surface area contributed by atoms with Gasteiger partial charge in [0.15, 0.2) is 0 Å². The van der Waals surface area contributed by atoms with Crippen molar-refractivity contribution in [2.24, 2.45) is 5.41 Å². The van der Waals surface area contributed by atoms with E-state index in [2.05, 4.69) is 27.0 Å². The Bertz CT molecular complexity index is 1550. The normalized spacial score (nSPS) is 19.9.